The van der Waals surface area contributed by atoms with Crippen molar-refractivity contribution in [3.8, 4) is 0 Å². The van der Waals surface area contributed by atoms with Crippen LogP contribution in [0.2, 0.25) is 5.15 Å². The number of carbonyl (C=O) groups is 1. The Morgan fingerprint density at radius 3 is 2.89 bits per heavy atom. The summed E-state index contributed by atoms with van der Waals surface area (Å²) < 4.78 is 1.10. The van der Waals surface area contributed by atoms with Crippen LogP contribution in [0.15, 0.2) is 28.1 Å². The van der Waals surface area contributed by atoms with Gasteiger partial charge in [-0.3, -0.25) is 4.79 Å². The maximum absolute atomic E-state index is 11.9. The summed E-state index contributed by atoms with van der Waals surface area (Å²) >= 11 is 10.9. The first kappa shape index (κ1) is 14.5. The number of aromatic nitrogens is 1. The standard InChI is InChI=1S/C13H12BrClN2OS/c1-8-6-9(7-12(15)17-8)13(18)16-5-4-10-2-3-11(14)19-10/h2-3,6-7H,4-5H2,1H3,(H,16,18). The highest BCUT2D eigenvalue weighted by Gasteiger charge is 2.07. The number of hydrogen-bond donors (Lipinski definition) is 1. The summed E-state index contributed by atoms with van der Waals surface area (Å²) in [6.45, 7) is 2.41. The van der Waals surface area contributed by atoms with Gasteiger partial charge >= 0.3 is 0 Å². The zero-order valence-corrected chi connectivity index (χ0v) is 13.4. The minimum atomic E-state index is -0.122. The molecular formula is C13H12BrClN2OS. The van der Waals surface area contributed by atoms with Crippen LogP contribution in [0.3, 0.4) is 0 Å². The maximum Gasteiger partial charge on any atom is 0.251 e. The van der Waals surface area contributed by atoms with Crippen molar-refractivity contribution < 1.29 is 4.79 Å². The van der Waals surface area contributed by atoms with E-state index < -0.39 is 0 Å². The smallest absolute Gasteiger partial charge is 0.251 e. The number of nitrogens with one attached hydrogen (secondary N) is 1. The Morgan fingerprint density at radius 1 is 1.47 bits per heavy atom. The van der Waals surface area contributed by atoms with Gasteiger partial charge < -0.3 is 5.32 Å². The normalized spacial score (nSPS) is 10.5. The molecule has 2 rings (SSSR count). The number of thiophene rings is 1. The summed E-state index contributed by atoms with van der Waals surface area (Å²) in [5.74, 6) is -0.122. The summed E-state index contributed by atoms with van der Waals surface area (Å²) in [4.78, 5) is 17.2. The minimum absolute atomic E-state index is 0.122. The number of rotatable bonds is 4. The van der Waals surface area contributed by atoms with Gasteiger partial charge in [0.25, 0.3) is 5.91 Å². The fraction of sp³-hybridized carbons (Fsp3) is 0.231. The van der Waals surface area contributed by atoms with E-state index in [-0.39, 0.29) is 5.91 Å². The highest BCUT2D eigenvalue weighted by Crippen LogP contribution is 2.22. The second-order valence-corrected chi connectivity index (χ2v) is 6.97. The van der Waals surface area contributed by atoms with E-state index in [1.807, 2.05) is 19.1 Å². The van der Waals surface area contributed by atoms with E-state index in [0.717, 1.165) is 15.9 Å². The zero-order chi connectivity index (χ0) is 13.8. The molecule has 0 unspecified atom stereocenters. The predicted molar refractivity (Wildman–Crippen MR) is 82.0 cm³/mol. The van der Waals surface area contributed by atoms with Gasteiger partial charge in [0.1, 0.15) is 5.15 Å². The molecule has 1 amide bonds. The molecule has 0 saturated heterocycles. The molecule has 2 heterocycles. The van der Waals surface area contributed by atoms with E-state index in [2.05, 4.69) is 26.2 Å². The maximum atomic E-state index is 11.9. The number of halogens is 2. The predicted octanol–water partition coefficient (Wildman–Crippen LogP) is 3.84. The molecule has 0 fully saturated rings. The summed E-state index contributed by atoms with van der Waals surface area (Å²) in [7, 11) is 0. The molecule has 1 N–H and O–H groups in total. The molecule has 0 saturated carbocycles. The molecule has 100 valence electrons. The molecule has 2 aromatic heterocycles. The molecule has 6 heteroatoms. The van der Waals surface area contributed by atoms with Crippen molar-refractivity contribution in [2.24, 2.45) is 0 Å². The molecular weight excluding hydrogens is 348 g/mol. The SMILES string of the molecule is Cc1cc(C(=O)NCCc2ccc(Br)s2)cc(Cl)n1. The Morgan fingerprint density at radius 2 is 2.26 bits per heavy atom. The molecule has 0 atom stereocenters. The van der Waals surface area contributed by atoms with E-state index in [1.54, 1.807) is 23.5 Å². The van der Waals surface area contributed by atoms with Gasteiger partial charge in [0.15, 0.2) is 0 Å². The van der Waals surface area contributed by atoms with Crippen LogP contribution in [-0.4, -0.2) is 17.4 Å². The summed E-state index contributed by atoms with van der Waals surface area (Å²) in [6.07, 6.45) is 0.819. The number of hydrogen-bond acceptors (Lipinski definition) is 3. The second kappa shape index (κ2) is 6.50. The molecule has 0 aliphatic heterocycles. The van der Waals surface area contributed by atoms with Crippen molar-refractivity contribution >= 4 is 44.8 Å². The lowest BCUT2D eigenvalue weighted by molar-refractivity contribution is 0.0954. The summed E-state index contributed by atoms with van der Waals surface area (Å²) in [5, 5.41) is 3.22. The van der Waals surface area contributed by atoms with Gasteiger partial charge in [-0.2, -0.15) is 0 Å². The Balaban J connectivity index is 1.90. The van der Waals surface area contributed by atoms with Crippen molar-refractivity contribution in [2.45, 2.75) is 13.3 Å². The van der Waals surface area contributed by atoms with Crippen LogP contribution in [0, 0.1) is 6.92 Å². The van der Waals surface area contributed by atoms with Crippen LogP contribution in [-0.2, 0) is 6.42 Å². The van der Waals surface area contributed by atoms with Crippen LogP contribution in [0.4, 0.5) is 0 Å². The first-order valence-electron chi connectivity index (χ1n) is 5.71. The van der Waals surface area contributed by atoms with E-state index >= 15 is 0 Å². The Labute approximate surface area is 129 Å². The minimum Gasteiger partial charge on any atom is -0.352 e. The van der Waals surface area contributed by atoms with Crippen molar-refractivity contribution in [2.75, 3.05) is 6.54 Å². The van der Waals surface area contributed by atoms with E-state index in [0.29, 0.717) is 17.3 Å². The highest BCUT2D eigenvalue weighted by molar-refractivity contribution is 9.11. The first-order valence-corrected chi connectivity index (χ1v) is 7.70. The van der Waals surface area contributed by atoms with Gasteiger partial charge in [-0.05, 0) is 53.5 Å². The van der Waals surface area contributed by atoms with Crippen LogP contribution >= 0.6 is 38.9 Å². The number of pyridine rings is 1. The number of carbonyl (C=O) groups excluding carboxylic acids is 1. The van der Waals surface area contributed by atoms with Gasteiger partial charge in [-0.25, -0.2) is 4.98 Å². The highest BCUT2D eigenvalue weighted by atomic mass is 79.9. The molecule has 0 aromatic carbocycles. The molecule has 0 radical (unpaired) electrons. The summed E-state index contributed by atoms with van der Waals surface area (Å²) in [5.41, 5.74) is 1.28. The van der Waals surface area contributed by atoms with E-state index in [9.17, 15) is 4.79 Å². The van der Waals surface area contributed by atoms with E-state index in [1.165, 1.54) is 4.88 Å². The van der Waals surface area contributed by atoms with Crippen molar-refractivity contribution in [1.82, 2.24) is 10.3 Å². The molecule has 0 aliphatic carbocycles. The zero-order valence-electron chi connectivity index (χ0n) is 10.2. The molecule has 0 aliphatic rings. The third-order valence-corrected chi connectivity index (χ3v) is 4.35. The fourth-order valence-corrected chi connectivity index (χ4v) is 3.38. The molecule has 19 heavy (non-hydrogen) atoms. The number of nitrogens with zero attached hydrogens (tertiary/aromatic N) is 1. The molecule has 0 bridgehead atoms. The topological polar surface area (TPSA) is 42.0 Å². The van der Waals surface area contributed by atoms with Gasteiger partial charge in [0.05, 0.1) is 3.79 Å². The fourth-order valence-electron chi connectivity index (χ4n) is 1.65. The molecule has 2 aromatic rings. The van der Waals surface area contributed by atoms with Crippen molar-refractivity contribution in [1.29, 1.82) is 0 Å². The third-order valence-electron chi connectivity index (χ3n) is 2.47. The Hall–Kier alpha value is -0.910. The first-order chi connectivity index (χ1) is 9.04. The Bertz CT molecular complexity index is 580. The quantitative estimate of drug-likeness (QED) is 0.843. The van der Waals surface area contributed by atoms with Gasteiger partial charge in [0, 0.05) is 22.7 Å². The van der Waals surface area contributed by atoms with Crippen LogP contribution in [0.1, 0.15) is 20.9 Å². The number of aryl methyl sites for hydroxylation is 1. The lowest BCUT2D eigenvalue weighted by atomic mass is 10.2. The van der Waals surface area contributed by atoms with E-state index in [4.69, 9.17) is 11.6 Å². The van der Waals surface area contributed by atoms with Crippen LogP contribution in [0.5, 0.6) is 0 Å². The van der Waals surface area contributed by atoms with Crippen LogP contribution < -0.4 is 5.32 Å². The lowest BCUT2D eigenvalue weighted by Crippen LogP contribution is -2.25. The molecule has 3 nitrogen and oxygen atoms in total. The van der Waals surface area contributed by atoms with Gasteiger partial charge in [0.2, 0.25) is 0 Å². The average molecular weight is 360 g/mol. The van der Waals surface area contributed by atoms with Crippen molar-refractivity contribution in [3.63, 3.8) is 0 Å². The monoisotopic (exact) mass is 358 g/mol. The third kappa shape index (κ3) is 4.30. The van der Waals surface area contributed by atoms with Gasteiger partial charge in [-0.15, -0.1) is 11.3 Å². The average Bonchev–Trinajstić information content (AvgIpc) is 2.73. The van der Waals surface area contributed by atoms with Crippen molar-refractivity contribution in [3.05, 3.63) is 49.3 Å². The second-order valence-electron chi connectivity index (χ2n) is 4.03. The lowest BCUT2D eigenvalue weighted by Gasteiger charge is -2.05. The van der Waals surface area contributed by atoms with Crippen LogP contribution in [0.25, 0.3) is 0 Å². The summed E-state index contributed by atoms with van der Waals surface area (Å²) in [6, 6.07) is 7.36. The van der Waals surface area contributed by atoms with Gasteiger partial charge in [-0.1, -0.05) is 11.6 Å². The molecule has 0 spiro atoms. The number of amides is 1. The largest absolute Gasteiger partial charge is 0.352 e. The Kier molecular flexibility index (Phi) is 4.96.